The number of amides is 1. The molecule has 4 heteroatoms. The highest BCUT2D eigenvalue weighted by Gasteiger charge is 2.32. The van der Waals surface area contributed by atoms with Gasteiger partial charge in [0, 0.05) is 12.0 Å². The van der Waals surface area contributed by atoms with Crippen LogP contribution in [0.3, 0.4) is 0 Å². The Hall–Kier alpha value is -3.27. The molecule has 1 aliphatic rings. The number of nitrogens with one attached hydrogen (secondary N) is 1. The van der Waals surface area contributed by atoms with Crippen molar-refractivity contribution in [1.82, 2.24) is 5.32 Å². The molecule has 4 rings (SSSR count). The first-order valence-corrected chi connectivity index (χ1v) is 9.44. The van der Waals surface area contributed by atoms with Crippen LogP contribution in [0.5, 0.6) is 11.5 Å². The Morgan fingerprint density at radius 3 is 2.04 bits per heavy atom. The van der Waals surface area contributed by atoms with E-state index in [0.717, 1.165) is 11.1 Å². The summed E-state index contributed by atoms with van der Waals surface area (Å²) >= 11 is 0. The van der Waals surface area contributed by atoms with Gasteiger partial charge in [-0.15, -0.1) is 0 Å². The van der Waals surface area contributed by atoms with Crippen LogP contribution in [0.4, 0.5) is 0 Å². The molecular weight excluding hydrogens is 350 g/mol. The normalized spacial score (nSPS) is 15.7. The summed E-state index contributed by atoms with van der Waals surface area (Å²) in [4.78, 5) is 12.8. The highest BCUT2D eigenvalue weighted by atomic mass is 16.6. The van der Waals surface area contributed by atoms with Gasteiger partial charge < -0.3 is 14.8 Å². The lowest BCUT2D eigenvalue weighted by atomic mass is 9.76. The van der Waals surface area contributed by atoms with Crippen LogP contribution < -0.4 is 14.8 Å². The molecule has 142 valence electrons. The highest BCUT2D eigenvalue weighted by molar-refractivity contribution is 5.82. The fraction of sp³-hybridized carbons (Fsp3) is 0.208. The molecule has 3 aromatic rings. The molecule has 1 amide bonds. The Morgan fingerprint density at radius 2 is 1.43 bits per heavy atom. The second-order valence-corrected chi connectivity index (χ2v) is 7.15. The van der Waals surface area contributed by atoms with Gasteiger partial charge in [0.05, 0.1) is 0 Å². The van der Waals surface area contributed by atoms with Crippen LogP contribution in [0.15, 0.2) is 84.9 Å². The van der Waals surface area contributed by atoms with Crippen molar-refractivity contribution in [2.75, 3.05) is 13.2 Å². The summed E-state index contributed by atoms with van der Waals surface area (Å²) < 4.78 is 11.5. The first kappa shape index (κ1) is 18.1. The summed E-state index contributed by atoms with van der Waals surface area (Å²) in [5.74, 6) is 1.10. The molecule has 0 aromatic heterocycles. The van der Waals surface area contributed by atoms with Crippen LogP contribution in [-0.2, 0) is 10.2 Å². The number of benzene rings is 3. The first-order chi connectivity index (χ1) is 13.7. The van der Waals surface area contributed by atoms with Crippen LogP contribution >= 0.6 is 0 Å². The van der Waals surface area contributed by atoms with Crippen LogP contribution in [-0.4, -0.2) is 25.2 Å². The number of hydrogen-bond donors (Lipinski definition) is 1. The summed E-state index contributed by atoms with van der Waals surface area (Å²) in [7, 11) is 0. The number of ether oxygens (including phenoxy) is 2. The molecular formula is C24H23NO3. The second kappa shape index (κ2) is 7.77. The molecule has 0 spiro atoms. The highest BCUT2D eigenvalue weighted by Crippen LogP contribution is 2.32. The van der Waals surface area contributed by atoms with Gasteiger partial charge in [0.25, 0.3) is 5.91 Å². The SMILES string of the molecule is CC(CNC(=O)C1COc2ccccc2O1)(c1ccccc1)c1ccccc1. The second-order valence-electron chi connectivity index (χ2n) is 7.15. The van der Waals surface area contributed by atoms with E-state index in [1.54, 1.807) is 0 Å². The van der Waals surface area contributed by atoms with Crippen LogP contribution in [0.2, 0.25) is 0 Å². The molecule has 1 heterocycles. The predicted octanol–water partition coefficient (Wildman–Crippen LogP) is 3.95. The lowest BCUT2D eigenvalue weighted by molar-refractivity contribution is -0.130. The van der Waals surface area contributed by atoms with Crippen molar-refractivity contribution in [2.45, 2.75) is 18.4 Å². The zero-order chi connectivity index (χ0) is 19.4. The van der Waals surface area contributed by atoms with Crippen LogP contribution in [0.25, 0.3) is 0 Å². The number of carbonyl (C=O) groups excluding carboxylic acids is 1. The van der Waals surface area contributed by atoms with Gasteiger partial charge in [-0.05, 0) is 30.2 Å². The Bertz CT molecular complexity index is 901. The molecule has 28 heavy (non-hydrogen) atoms. The topological polar surface area (TPSA) is 47.6 Å². The van der Waals surface area contributed by atoms with E-state index in [2.05, 4.69) is 36.5 Å². The minimum absolute atomic E-state index is 0.174. The summed E-state index contributed by atoms with van der Waals surface area (Å²) in [6, 6.07) is 27.9. The third-order valence-electron chi connectivity index (χ3n) is 5.24. The summed E-state index contributed by atoms with van der Waals surface area (Å²) in [5, 5.41) is 3.08. The zero-order valence-electron chi connectivity index (χ0n) is 15.8. The molecule has 4 nitrogen and oxygen atoms in total. The molecule has 1 unspecified atom stereocenters. The fourth-order valence-electron chi connectivity index (χ4n) is 3.51. The molecule has 0 radical (unpaired) electrons. The average molecular weight is 373 g/mol. The van der Waals surface area contributed by atoms with E-state index in [0.29, 0.717) is 18.0 Å². The quantitative estimate of drug-likeness (QED) is 0.737. The Labute approximate surface area is 165 Å². The Morgan fingerprint density at radius 1 is 0.893 bits per heavy atom. The molecule has 3 aromatic carbocycles. The van der Waals surface area contributed by atoms with Crippen molar-refractivity contribution in [3.8, 4) is 11.5 Å². The van der Waals surface area contributed by atoms with Gasteiger partial charge in [0.15, 0.2) is 11.5 Å². The first-order valence-electron chi connectivity index (χ1n) is 9.44. The van der Waals surface area contributed by atoms with Gasteiger partial charge in [-0.25, -0.2) is 0 Å². The van der Waals surface area contributed by atoms with E-state index < -0.39 is 6.10 Å². The molecule has 1 atom stereocenters. The van der Waals surface area contributed by atoms with Gasteiger partial charge in [-0.3, -0.25) is 4.79 Å². The molecule has 0 bridgehead atoms. The van der Waals surface area contributed by atoms with E-state index in [1.165, 1.54) is 0 Å². The van der Waals surface area contributed by atoms with E-state index in [1.807, 2.05) is 60.7 Å². The third kappa shape index (κ3) is 3.58. The van der Waals surface area contributed by atoms with Crippen molar-refractivity contribution in [1.29, 1.82) is 0 Å². The van der Waals surface area contributed by atoms with E-state index >= 15 is 0 Å². The van der Waals surface area contributed by atoms with Crippen molar-refractivity contribution in [2.24, 2.45) is 0 Å². The molecule has 0 saturated heterocycles. The summed E-state index contributed by atoms with van der Waals surface area (Å²) in [6.45, 7) is 2.81. The van der Waals surface area contributed by atoms with Gasteiger partial charge in [-0.2, -0.15) is 0 Å². The molecule has 0 saturated carbocycles. The van der Waals surface area contributed by atoms with E-state index in [4.69, 9.17) is 9.47 Å². The van der Waals surface area contributed by atoms with Crippen molar-refractivity contribution in [3.05, 3.63) is 96.1 Å². The monoisotopic (exact) mass is 373 g/mol. The van der Waals surface area contributed by atoms with Gasteiger partial charge in [-0.1, -0.05) is 72.8 Å². The molecule has 0 aliphatic carbocycles. The lowest BCUT2D eigenvalue weighted by Crippen LogP contribution is -2.48. The van der Waals surface area contributed by atoms with Gasteiger partial charge >= 0.3 is 0 Å². The van der Waals surface area contributed by atoms with Crippen LogP contribution in [0, 0.1) is 0 Å². The van der Waals surface area contributed by atoms with E-state index in [-0.39, 0.29) is 17.9 Å². The molecule has 0 fully saturated rings. The minimum Gasteiger partial charge on any atom is -0.485 e. The third-order valence-corrected chi connectivity index (χ3v) is 5.24. The maximum absolute atomic E-state index is 12.8. The van der Waals surface area contributed by atoms with Crippen LogP contribution in [0.1, 0.15) is 18.1 Å². The standard InChI is InChI=1S/C24H23NO3/c1-24(18-10-4-2-5-11-18,19-12-6-3-7-13-19)17-25-23(26)22-16-27-20-14-8-9-15-21(20)28-22/h2-15,22H,16-17H2,1H3,(H,25,26). The number of carbonyl (C=O) groups is 1. The van der Waals surface area contributed by atoms with Gasteiger partial charge in [0.2, 0.25) is 6.10 Å². The Balaban J connectivity index is 1.52. The number of para-hydroxylation sites is 2. The smallest absolute Gasteiger partial charge is 0.264 e. The zero-order valence-corrected chi connectivity index (χ0v) is 15.8. The van der Waals surface area contributed by atoms with Crippen molar-refractivity contribution < 1.29 is 14.3 Å². The lowest BCUT2D eigenvalue weighted by Gasteiger charge is -2.32. The molecule has 1 aliphatic heterocycles. The molecule has 1 N–H and O–H groups in total. The van der Waals surface area contributed by atoms with Crippen molar-refractivity contribution >= 4 is 5.91 Å². The number of hydrogen-bond acceptors (Lipinski definition) is 3. The Kier molecular flexibility index (Phi) is 5.02. The van der Waals surface area contributed by atoms with Crippen molar-refractivity contribution in [3.63, 3.8) is 0 Å². The predicted molar refractivity (Wildman–Crippen MR) is 109 cm³/mol. The minimum atomic E-state index is -0.661. The van der Waals surface area contributed by atoms with E-state index in [9.17, 15) is 4.79 Å². The summed E-state index contributed by atoms with van der Waals surface area (Å²) in [5.41, 5.74) is 1.94. The van der Waals surface area contributed by atoms with Gasteiger partial charge in [0.1, 0.15) is 6.61 Å². The largest absolute Gasteiger partial charge is 0.485 e. The number of fused-ring (bicyclic) bond motifs is 1. The fourth-order valence-corrected chi connectivity index (χ4v) is 3.51. The average Bonchev–Trinajstić information content (AvgIpc) is 2.78. The maximum Gasteiger partial charge on any atom is 0.264 e. The number of rotatable bonds is 5. The maximum atomic E-state index is 12.8. The summed E-state index contributed by atoms with van der Waals surface area (Å²) in [6.07, 6.45) is -0.661.